The van der Waals surface area contributed by atoms with Gasteiger partial charge in [0.05, 0.1) is 11.3 Å². The van der Waals surface area contributed by atoms with Crippen molar-refractivity contribution >= 4 is 11.7 Å². The molecule has 4 nitrogen and oxygen atoms in total. The van der Waals surface area contributed by atoms with Crippen LogP contribution in [0.2, 0.25) is 0 Å². The lowest BCUT2D eigenvalue weighted by molar-refractivity contribution is -0.139. The molecule has 2 aromatic carbocycles. The van der Waals surface area contributed by atoms with Crippen LogP contribution in [-0.4, -0.2) is 19.1 Å². The Kier molecular flexibility index (Phi) is 4.33. The van der Waals surface area contributed by atoms with Crippen molar-refractivity contribution in [3.63, 3.8) is 0 Å². The first-order chi connectivity index (χ1) is 11.5. The summed E-state index contributed by atoms with van der Waals surface area (Å²) in [7, 11) is 0. The summed E-state index contributed by atoms with van der Waals surface area (Å²) in [4.78, 5) is 13.1. The average molecular weight is 336 g/mol. The highest BCUT2D eigenvalue weighted by molar-refractivity contribution is 5.95. The molecule has 1 N–H and O–H groups in total. The first-order valence-electron chi connectivity index (χ1n) is 7.39. The Hall–Kier alpha value is -2.70. The van der Waals surface area contributed by atoms with Crippen molar-refractivity contribution in [1.82, 2.24) is 5.32 Å². The Morgan fingerprint density at radius 1 is 1.08 bits per heavy atom. The van der Waals surface area contributed by atoms with Gasteiger partial charge in [-0.25, -0.2) is 4.79 Å². The molecule has 0 spiro atoms. The zero-order valence-electron chi connectivity index (χ0n) is 12.6. The van der Waals surface area contributed by atoms with Crippen LogP contribution in [-0.2, 0) is 12.8 Å². The van der Waals surface area contributed by atoms with Gasteiger partial charge in [-0.15, -0.1) is 0 Å². The monoisotopic (exact) mass is 336 g/mol. The van der Waals surface area contributed by atoms with Crippen molar-refractivity contribution in [3.05, 3.63) is 59.7 Å². The molecule has 0 bridgehead atoms. The van der Waals surface area contributed by atoms with Crippen LogP contribution in [0.5, 0.6) is 5.75 Å². The number of ether oxygens (including phenoxy) is 1. The maximum atomic E-state index is 13.3. The second-order valence-corrected chi connectivity index (χ2v) is 5.31. The minimum absolute atomic E-state index is 0.0175. The molecular weight excluding hydrogens is 321 g/mol. The zero-order chi connectivity index (χ0) is 17.2. The molecule has 24 heavy (non-hydrogen) atoms. The van der Waals surface area contributed by atoms with Gasteiger partial charge in [0.2, 0.25) is 0 Å². The summed E-state index contributed by atoms with van der Waals surface area (Å²) in [6.45, 7) is 0.658. The van der Waals surface area contributed by atoms with Crippen LogP contribution in [0.25, 0.3) is 0 Å². The molecule has 0 radical (unpaired) electrons. The number of nitrogens with zero attached hydrogens (tertiary/aromatic N) is 1. The molecular formula is C17H15F3N2O2. The number of hydrogen-bond donors (Lipinski definition) is 1. The molecule has 7 heteroatoms. The molecule has 2 amide bonds. The van der Waals surface area contributed by atoms with Gasteiger partial charge in [-0.3, -0.25) is 4.90 Å². The van der Waals surface area contributed by atoms with E-state index in [1.807, 2.05) is 6.07 Å². The quantitative estimate of drug-likeness (QED) is 0.922. The molecule has 0 aromatic heterocycles. The molecule has 0 saturated carbocycles. The van der Waals surface area contributed by atoms with Crippen molar-refractivity contribution in [1.29, 1.82) is 0 Å². The number of nitrogens with one attached hydrogen (secondary N) is 1. The zero-order valence-corrected chi connectivity index (χ0v) is 12.6. The van der Waals surface area contributed by atoms with E-state index in [0.717, 1.165) is 11.6 Å². The van der Waals surface area contributed by atoms with Crippen molar-refractivity contribution in [2.45, 2.75) is 12.8 Å². The van der Waals surface area contributed by atoms with Crippen LogP contribution in [0.1, 0.15) is 11.1 Å². The number of benzene rings is 2. The summed E-state index contributed by atoms with van der Waals surface area (Å²) in [6, 6.07) is 12.2. The van der Waals surface area contributed by atoms with Crippen LogP contribution >= 0.6 is 0 Å². The van der Waals surface area contributed by atoms with Gasteiger partial charge in [0.25, 0.3) is 0 Å². The van der Waals surface area contributed by atoms with E-state index in [4.69, 9.17) is 4.74 Å². The Morgan fingerprint density at radius 3 is 2.46 bits per heavy atom. The summed E-state index contributed by atoms with van der Waals surface area (Å²) in [5.41, 5.74) is -0.0299. The lowest BCUT2D eigenvalue weighted by atomic mass is 10.1. The number of urea groups is 1. The van der Waals surface area contributed by atoms with Crippen LogP contribution in [0.3, 0.4) is 0 Å². The summed E-state index contributed by atoms with van der Waals surface area (Å²) in [6.07, 6.45) is -4.57. The molecule has 0 aliphatic carbocycles. The van der Waals surface area contributed by atoms with Gasteiger partial charge >= 0.3 is 12.2 Å². The SMILES string of the molecule is O=C1NCCN1c1cccc(C(F)(F)F)c1OCc1ccccc1. The Bertz CT molecular complexity index is 732. The van der Waals surface area contributed by atoms with E-state index in [2.05, 4.69) is 5.32 Å². The van der Waals surface area contributed by atoms with E-state index in [9.17, 15) is 18.0 Å². The van der Waals surface area contributed by atoms with Gasteiger partial charge in [0, 0.05) is 13.1 Å². The lowest BCUT2D eigenvalue weighted by Crippen LogP contribution is -2.28. The first kappa shape index (κ1) is 16.2. The molecule has 2 aromatic rings. The number of rotatable bonds is 4. The Labute approximate surface area is 136 Å². The van der Waals surface area contributed by atoms with E-state index in [1.165, 1.54) is 17.0 Å². The van der Waals surface area contributed by atoms with Gasteiger partial charge in [-0.2, -0.15) is 13.2 Å². The average Bonchev–Trinajstić information content (AvgIpc) is 2.98. The van der Waals surface area contributed by atoms with Gasteiger partial charge in [0.15, 0.2) is 5.75 Å². The number of hydrogen-bond acceptors (Lipinski definition) is 2. The number of carbonyl (C=O) groups excluding carboxylic acids is 1. The van der Waals surface area contributed by atoms with Crippen molar-refractivity contribution in [2.24, 2.45) is 0 Å². The molecule has 3 rings (SSSR count). The summed E-state index contributed by atoms with van der Waals surface area (Å²) < 4.78 is 45.5. The number of anilines is 1. The van der Waals surface area contributed by atoms with E-state index in [0.29, 0.717) is 13.1 Å². The maximum Gasteiger partial charge on any atom is 0.420 e. The van der Waals surface area contributed by atoms with Crippen LogP contribution in [0, 0.1) is 0 Å². The third-order valence-corrected chi connectivity index (χ3v) is 3.67. The van der Waals surface area contributed by atoms with E-state index < -0.39 is 17.8 Å². The molecule has 0 unspecified atom stereocenters. The number of amides is 2. The molecule has 1 fully saturated rings. The van der Waals surface area contributed by atoms with E-state index in [1.54, 1.807) is 24.3 Å². The second-order valence-electron chi connectivity index (χ2n) is 5.31. The predicted octanol–water partition coefficient (Wildman–Crippen LogP) is 3.81. The Balaban J connectivity index is 1.98. The van der Waals surface area contributed by atoms with Gasteiger partial charge in [-0.1, -0.05) is 36.4 Å². The summed E-state index contributed by atoms with van der Waals surface area (Å²) in [5.74, 6) is -0.328. The third-order valence-electron chi connectivity index (χ3n) is 3.67. The fourth-order valence-electron chi connectivity index (χ4n) is 2.54. The summed E-state index contributed by atoms with van der Waals surface area (Å²) in [5, 5.41) is 2.58. The lowest BCUT2D eigenvalue weighted by Gasteiger charge is -2.22. The first-order valence-corrected chi connectivity index (χ1v) is 7.39. The number of alkyl halides is 3. The second kappa shape index (κ2) is 6.43. The van der Waals surface area contributed by atoms with Crippen molar-refractivity contribution in [3.8, 4) is 5.75 Å². The number of para-hydroxylation sites is 1. The minimum atomic E-state index is -4.57. The largest absolute Gasteiger partial charge is 0.486 e. The fraction of sp³-hybridized carbons (Fsp3) is 0.235. The smallest absolute Gasteiger partial charge is 0.420 e. The molecule has 126 valence electrons. The van der Waals surface area contributed by atoms with Gasteiger partial charge in [0.1, 0.15) is 6.61 Å². The minimum Gasteiger partial charge on any atom is -0.486 e. The van der Waals surface area contributed by atoms with Crippen LogP contribution in [0.15, 0.2) is 48.5 Å². The Morgan fingerprint density at radius 2 is 1.83 bits per heavy atom. The normalized spacial score (nSPS) is 14.6. The van der Waals surface area contributed by atoms with E-state index >= 15 is 0 Å². The standard InChI is InChI=1S/C17H15F3N2O2/c18-17(19,20)13-7-4-8-14(22-10-9-21-16(22)23)15(13)24-11-12-5-2-1-3-6-12/h1-8H,9-11H2,(H,21,23). The maximum absolute atomic E-state index is 13.3. The predicted molar refractivity (Wildman–Crippen MR) is 83.0 cm³/mol. The fourth-order valence-corrected chi connectivity index (χ4v) is 2.54. The summed E-state index contributed by atoms with van der Waals surface area (Å²) >= 11 is 0. The third kappa shape index (κ3) is 3.29. The van der Waals surface area contributed by atoms with Crippen LogP contribution < -0.4 is 15.0 Å². The number of halogens is 3. The van der Waals surface area contributed by atoms with Crippen molar-refractivity contribution in [2.75, 3.05) is 18.0 Å². The molecule has 1 aliphatic heterocycles. The van der Waals surface area contributed by atoms with Gasteiger partial charge in [-0.05, 0) is 17.7 Å². The highest BCUT2D eigenvalue weighted by atomic mass is 19.4. The van der Waals surface area contributed by atoms with Gasteiger partial charge < -0.3 is 10.1 Å². The molecule has 0 atom stereocenters. The topological polar surface area (TPSA) is 41.6 Å². The molecule has 1 heterocycles. The number of carbonyl (C=O) groups is 1. The van der Waals surface area contributed by atoms with Crippen molar-refractivity contribution < 1.29 is 22.7 Å². The van der Waals surface area contributed by atoms with E-state index in [-0.39, 0.29) is 18.0 Å². The highest BCUT2D eigenvalue weighted by Gasteiger charge is 2.37. The molecule has 1 aliphatic rings. The molecule has 1 saturated heterocycles. The van der Waals surface area contributed by atoms with Crippen LogP contribution in [0.4, 0.5) is 23.7 Å². The highest BCUT2D eigenvalue weighted by Crippen LogP contribution is 2.42.